The molecule has 0 saturated carbocycles. The molecule has 1 fully saturated rings. The Hall–Kier alpha value is -0.770. The van der Waals surface area contributed by atoms with E-state index in [1.807, 2.05) is 27.7 Å². The molecule has 0 aromatic heterocycles. The van der Waals surface area contributed by atoms with Crippen LogP contribution in [0.5, 0.6) is 0 Å². The molecule has 0 radical (unpaired) electrons. The average molecular weight is 442 g/mol. The first-order chi connectivity index (χ1) is 10.4. The maximum Gasteiger partial charge on any atom is 0.407 e. The van der Waals surface area contributed by atoms with E-state index in [0.717, 1.165) is 32.0 Å². The highest BCUT2D eigenvalue weighted by Gasteiger charge is 2.16. The molecule has 8 heteroatoms. The van der Waals surface area contributed by atoms with Gasteiger partial charge in [-0.3, -0.25) is 4.99 Å². The molecule has 136 valence electrons. The molecule has 1 heterocycles. The number of carbonyl (C=O) groups excluding carboxylic acids is 1. The van der Waals surface area contributed by atoms with E-state index in [2.05, 4.69) is 20.9 Å². The molecule has 0 spiro atoms. The molecule has 1 rings (SSSR count). The quantitative estimate of drug-likeness (QED) is 0.253. The third kappa shape index (κ3) is 11.4. The topological polar surface area (TPSA) is 84.0 Å². The highest BCUT2D eigenvalue weighted by molar-refractivity contribution is 14.0. The number of hydrogen-bond donors (Lipinski definition) is 3. The molecule has 23 heavy (non-hydrogen) atoms. The number of hydrogen-bond acceptors (Lipinski definition) is 4. The number of nitrogens with zero attached hydrogens (tertiary/aromatic N) is 1. The first-order valence-electron chi connectivity index (χ1n) is 8.01. The molecular weight excluding hydrogens is 411 g/mol. The van der Waals surface area contributed by atoms with Crippen LogP contribution in [0, 0.1) is 0 Å². The van der Waals surface area contributed by atoms with Crippen molar-refractivity contribution in [2.24, 2.45) is 4.99 Å². The first-order valence-corrected chi connectivity index (χ1v) is 8.01. The molecule has 1 saturated heterocycles. The Bertz CT molecular complexity index is 366. The van der Waals surface area contributed by atoms with Gasteiger partial charge in [-0.05, 0) is 40.5 Å². The second kappa shape index (κ2) is 11.7. The zero-order valence-corrected chi connectivity index (χ0v) is 16.9. The Kier molecular flexibility index (Phi) is 11.3. The molecule has 0 aromatic carbocycles. The molecular formula is C15H31IN4O3. The van der Waals surface area contributed by atoms with Crippen LogP contribution in [-0.4, -0.2) is 56.5 Å². The third-order valence-corrected chi connectivity index (χ3v) is 2.91. The van der Waals surface area contributed by atoms with Crippen LogP contribution in [0.1, 0.15) is 40.5 Å². The van der Waals surface area contributed by atoms with E-state index >= 15 is 0 Å². The monoisotopic (exact) mass is 442 g/mol. The minimum absolute atomic E-state index is 0. The largest absolute Gasteiger partial charge is 0.444 e. The summed E-state index contributed by atoms with van der Waals surface area (Å²) in [6.07, 6.45) is 2.01. The van der Waals surface area contributed by atoms with Crippen molar-refractivity contribution in [3.05, 3.63) is 0 Å². The van der Waals surface area contributed by atoms with Gasteiger partial charge in [0.15, 0.2) is 5.96 Å². The van der Waals surface area contributed by atoms with Gasteiger partial charge in [-0.15, -0.1) is 24.0 Å². The van der Waals surface area contributed by atoms with E-state index in [1.165, 1.54) is 0 Å². The van der Waals surface area contributed by atoms with Crippen LogP contribution in [0.25, 0.3) is 0 Å². The van der Waals surface area contributed by atoms with E-state index in [4.69, 9.17) is 9.47 Å². The number of ether oxygens (including phenoxy) is 2. The van der Waals surface area contributed by atoms with E-state index in [-0.39, 0.29) is 30.1 Å². The summed E-state index contributed by atoms with van der Waals surface area (Å²) in [6.45, 7) is 10.9. The van der Waals surface area contributed by atoms with Gasteiger partial charge >= 0.3 is 6.09 Å². The number of aliphatic imine (C=N–C) groups is 1. The zero-order valence-electron chi connectivity index (χ0n) is 14.6. The van der Waals surface area contributed by atoms with Crippen molar-refractivity contribution < 1.29 is 14.3 Å². The summed E-state index contributed by atoms with van der Waals surface area (Å²) in [7, 11) is 0. The summed E-state index contributed by atoms with van der Waals surface area (Å²) >= 11 is 0. The summed E-state index contributed by atoms with van der Waals surface area (Å²) in [5.74, 6) is 0.740. The normalized spacial score (nSPS) is 18.1. The third-order valence-electron chi connectivity index (χ3n) is 2.91. The van der Waals surface area contributed by atoms with Crippen molar-refractivity contribution in [1.29, 1.82) is 0 Å². The lowest BCUT2D eigenvalue weighted by Crippen LogP contribution is -2.42. The van der Waals surface area contributed by atoms with Crippen LogP contribution in [0.3, 0.4) is 0 Å². The van der Waals surface area contributed by atoms with Gasteiger partial charge in [0, 0.05) is 26.2 Å². The van der Waals surface area contributed by atoms with Crippen molar-refractivity contribution in [2.75, 3.05) is 32.8 Å². The predicted octanol–water partition coefficient (Wildman–Crippen LogP) is 1.86. The van der Waals surface area contributed by atoms with Gasteiger partial charge in [-0.1, -0.05) is 0 Å². The minimum atomic E-state index is -0.477. The number of halogens is 1. The smallest absolute Gasteiger partial charge is 0.407 e. The standard InChI is InChI=1S/C15H30N4O3.HI/c1-5-16-13(19-11-12-7-6-10-21-12)17-8-9-18-14(20)22-15(2,3)4;/h12H,5-11H2,1-4H3,(H,18,20)(H2,16,17,19);1H. The van der Waals surface area contributed by atoms with Gasteiger partial charge in [0.25, 0.3) is 0 Å². The Morgan fingerprint density at radius 3 is 2.52 bits per heavy atom. The van der Waals surface area contributed by atoms with Gasteiger partial charge in [-0.25, -0.2) is 4.79 Å². The first kappa shape index (κ1) is 22.2. The second-order valence-corrected chi connectivity index (χ2v) is 6.21. The molecule has 1 amide bonds. The number of rotatable bonds is 6. The van der Waals surface area contributed by atoms with Gasteiger partial charge in [0.2, 0.25) is 0 Å². The van der Waals surface area contributed by atoms with E-state index in [1.54, 1.807) is 0 Å². The number of carbonyl (C=O) groups is 1. The van der Waals surface area contributed by atoms with Crippen molar-refractivity contribution in [1.82, 2.24) is 16.0 Å². The summed E-state index contributed by atoms with van der Waals surface area (Å²) < 4.78 is 10.7. The maximum atomic E-state index is 11.5. The van der Waals surface area contributed by atoms with Gasteiger partial charge < -0.3 is 25.4 Å². The van der Waals surface area contributed by atoms with Gasteiger partial charge in [-0.2, -0.15) is 0 Å². The molecule has 1 atom stereocenters. The molecule has 0 bridgehead atoms. The van der Waals surface area contributed by atoms with Crippen molar-refractivity contribution in [2.45, 2.75) is 52.2 Å². The van der Waals surface area contributed by atoms with Crippen LogP contribution in [0.15, 0.2) is 4.99 Å². The van der Waals surface area contributed by atoms with Crippen LogP contribution in [0.4, 0.5) is 4.79 Å². The number of amides is 1. The molecule has 7 nitrogen and oxygen atoms in total. The predicted molar refractivity (Wildman–Crippen MR) is 103 cm³/mol. The van der Waals surface area contributed by atoms with E-state index in [9.17, 15) is 4.79 Å². The highest BCUT2D eigenvalue weighted by Crippen LogP contribution is 2.11. The minimum Gasteiger partial charge on any atom is -0.444 e. The van der Waals surface area contributed by atoms with Gasteiger partial charge in [0.1, 0.15) is 5.60 Å². The number of guanidine groups is 1. The summed E-state index contributed by atoms with van der Waals surface area (Å²) in [5, 5.41) is 9.05. The molecule has 1 unspecified atom stereocenters. The number of alkyl carbamates (subject to hydrolysis) is 1. The highest BCUT2D eigenvalue weighted by atomic mass is 127. The summed E-state index contributed by atoms with van der Waals surface area (Å²) in [6, 6.07) is 0. The summed E-state index contributed by atoms with van der Waals surface area (Å²) in [4.78, 5) is 16.0. The maximum absolute atomic E-state index is 11.5. The number of nitrogens with one attached hydrogen (secondary N) is 3. The lowest BCUT2D eigenvalue weighted by Gasteiger charge is -2.20. The summed E-state index contributed by atoms with van der Waals surface area (Å²) in [5.41, 5.74) is -0.477. The van der Waals surface area contributed by atoms with Crippen LogP contribution >= 0.6 is 24.0 Å². The van der Waals surface area contributed by atoms with Crippen molar-refractivity contribution in [3.8, 4) is 0 Å². The molecule has 0 aromatic rings. The Morgan fingerprint density at radius 2 is 1.96 bits per heavy atom. The SMILES string of the molecule is CCNC(=NCC1CCCO1)NCCNC(=O)OC(C)(C)C.I. The lowest BCUT2D eigenvalue weighted by molar-refractivity contribution is 0.0529. The van der Waals surface area contributed by atoms with Gasteiger partial charge in [0.05, 0.1) is 12.6 Å². The lowest BCUT2D eigenvalue weighted by atomic mass is 10.2. The van der Waals surface area contributed by atoms with Crippen LogP contribution < -0.4 is 16.0 Å². The van der Waals surface area contributed by atoms with E-state index < -0.39 is 11.7 Å². The van der Waals surface area contributed by atoms with Crippen LogP contribution in [-0.2, 0) is 9.47 Å². The fraction of sp³-hybridized carbons (Fsp3) is 0.867. The zero-order chi connectivity index (χ0) is 16.4. The van der Waals surface area contributed by atoms with Crippen LogP contribution in [0.2, 0.25) is 0 Å². The Balaban J connectivity index is 0.00000484. The molecule has 1 aliphatic heterocycles. The average Bonchev–Trinajstić information content (AvgIpc) is 2.92. The Morgan fingerprint density at radius 1 is 1.26 bits per heavy atom. The fourth-order valence-corrected chi connectivity index (χ4v) is 1.98. The van der Waals surface area contributed by atoms with Crippen molar-refractivity contribution in [3.63, 3.8) is 0 Å². The molecule has 0 aliphatic carbocycles. The van der Waals surface area contributed by atoms with E-state index in [0.29, 0.717) is 19.6 Å². The Labute approximate surface area is 156 Å². The second-order valence-electron chi connectivity index (χ2n) is 6.21. The fourth-order valence-electron chi connectivity index (χ4n) is 1.98. The van der Waals surface area contributed by atoms with Crippen molar-refractivity contribution >= 4 is 36.0 Å². The molecule has 3 N–H and O–H groups in total. The molecule has 1 aliphatic rings.